The fourth-order valence-corrected chi connectivity index (χ4v) is 3.25. The first-order valence-electron chi connectivity index (χ1n) is 8.79. The molecule has 0 aliphatic carbocycles. The summed E-state index contributed by atoms with van der Waals surface area (Å²) in [6, 6.07) is 23.2. The standard InChI is InChI=1S/C23H17BrN2O2/c1-15-6-7-18(13-21(15)24)22-11-10-20(28-22)14-25-26-23(27)19-9-8-16-4-2-3-5-17(16)12-19/h2-14H,1H3,(H,26,27)/b25-14-. The fourth-order valence-electron chi connectivity index (χ4n) is 2.87. The second kappa shape index (κ2) is 7.82. The van der Waals surface area contributed by atoms with Crippen LogP contribution in [0.3, 0.4) is 0 Å². The van der Waals surface area contributed by atoms with Gasteiger partial charge in [-0.05, 0) is 53.6 Å². The summed E-state index contributed by atoms with van der Waals surface area (Å²) in [6.45, 7) is 2.03. The summed E-state index contributed by atoms with van der Waals surface area (Å²) in [4.78, 5) is 12.3. The minimum atomic E-state index is -0.267. The highest BCUT2D eigenvalue weighted by molar-refractivity contribution is 9.10. The number of carbonyl (C=O) groups is 1. The van der Waals surface area contributed by atoms with Crippen LogP contribution in [0.25, 0.3) is 22.1 Å². The molecule has 5 heteroatoms. The molecule has 3 aromatic carbocycles. The van der Waals surface area contributed by atoms with E-state index < -0.39 is 0 Å². The van der Waals surface area contributed by atoms with Crippen LogP contribution in [0, 0.1) is 6.92 Å². The summed E-state index contributed by atoms with van der Waals surface area (Å²) in [5.41, 5.74) is 5.23. The smallest absolute Gasteiger partial charge is 0.271 e. The second-order valence-electron chi connectivity index (χ2n) is 6.43. The maximum absolute atomic E-state index is 12.3. The molecule has 0 aliphatic heterocycles. The molecule has 0 atom stereocenters. The molecule has 0 aliphatic rings. The van der Waals surface area contributed by atoms with Crippen LogP contribution < -0.4 is 5.43 Å². The maximum Gasteiger partial charge on any atom is 0.271 e. The third-order valence-electron chi connectivity index (χ3n) is 4.45. The van der Waals surface area contributed by atoms with E-state index in [1.165, 1.54) is 6.21 Å². The van der Waals surface area contributed by atoms with Gasteiger partial charge < -0.3 is 4.42 Å². The van der Waals surface area contributed by atoms with Crippen molar-refractivity contribution in [1.82, 2.24) is 5.43 Å². The van der Waals surface area contributed by atoms with Crippen LogP contribution in [0.2, 0.25) is 0 Å². The topological polar surface area (TPSA) is 54.6 Å². The number of nitrogens with one attached hydrogen (secondary N) is 1. The Bertz CT molecular complexity index is 1190. The number of carbonyl (C=O) groups excluding carboxylic acids is 1. The van der Waals surface area contributed by atoms with Crippen molar-refractivity contribution in [3.05, 3.63) is 94.2 Å². The zero-order chi connectivity index (χ0) is 19.5. The lowest BCUT2D eigenvalue weighted by Crippen LogP contribution is -2.17. The van der Waals surface area contributed by atoms with Gasteiger partial charge in [0.2, 0.25) is 0 Å². The maximum atomic E-state index is 12.3. The first-order valence-corrected chi connectivity index (χ1v) is 9.58. The number of benzene rings is 3. The van der Waals surface area contributed by atoms with Crippen LogP contribution in [-0.4, -0.2) is 12.1 Å². The minimum Gasteiger partial charge on any atom is -0.455 e. The number of fused-ring (bicyclic) bond motifs is 1. The number of hydrogen-bond donors (Lipinski definition) is 1. The number of halogens is 1. The molecule has 0 fully saturated rings. The Balaban J connectivity index is 1.45. The van der Waals surface area contributed by atoms with E-state index >= 15 is 0 Å². The Kier molecular flexibility index (Phi) is 5.08. The first-order chi connectivity index (χ1) is 13.6. The molecular formula is C23H17BrN2O2. The van der Waals surface area contributed by atoms with Gasteiger partial charge in [-0.1, -0.05) is 58.4 Å². The van der Waals surface area contributed by atoms with Crippen molar-refractivity contribution in [3.63, 3.8) is 0 Å². The summed E-state index contributed by atoms with van der Waals surface area (Å²) >= 11 is 3.53. The van der Waals surface area contributed by atoms with E-state index in [4.69, 9.17) is 4.42 Å². The molecule has 138 valence electrons. The number of hydrogen-bond acceptors (Lipinski definition) is 3. The summed E-state index contributed by atoms with van der Waals surface area (Å²) < 4.78 is 6.82. The molecule has 1 N–H and O–H groups in total. The van der Waals surface area contributed by atoms with Crippen molar-refractivity contribution in [3.8, 4) is 11.3 Å². The van der Waals surface area contributed by atoms with Crippen LogP contribution in [0.5, 0.6) is 0 Å². The molecule has 4 nitrogen and oxygen atoms in total. The molecule has 4 aromatic rings. The molecule has 0 saturated heterocycles. The number of amides is 1. The van der Waals surface area contributed by atoms with E-state index in [1.54, 1.807) is 6.07 Å². The highest BCUT2D eigenvalue weighted by Crippen LogP contribution is 2.26. The van der Waals surface area contributed by atoms with Crippen molar-refractivity contribution in [2.24, 2.45) is 5.10 Å². The second-order valence-corrected chi connectivity index (χ2v) is 7.28. The van der Waals surface area contributed by atoms with Crippen molar-refractivity contribution >= 4 is 38.8 Å². The zero-order valence-corrected chi connectivity index (χ0v) is 16.7. The Morgan fingerprint density at radius 1 is 1.00 bits per heavy atom. The molecule has 0 unspecified atom stereocenters. The fraction of sp³-hybridized carbons (Fsp3) is 0.0435. The SMILES string of the molecule is Cc1ccc(-c2ccc(/C=N\NC(=O)c3ccc4ccccc4c3)o2)cc1Br. The average molecular weight is 433 g/mol. The van der Waals surface area contributed by atoms with Crippen molar-refractivity contribution in [2.75, 3.05) is 0 Å². The van der Waals surface area contributed by atoms with Crippen molar-refractivity contribution in [1.29, 1.82) is 0 Å². The van der Waals surface area contributed by atoms with Crippen LogP contribution in [-0.2, 0) is 0 Å². The molecule has 0 bridgehead atoms. The molecule has 4 rings (SSSR count). The molecule has 1 amide bonds. The molecule has 28 heavy (non-hydrogen) atoms. The van der Waals surface area contributed by atoms with E-state index in [0.29, 0.717) is 11.3 Å². The van der Waals surface area contributed by atoms with Gasteiger partial charge in [0.1, 0.15) is 11.5 Å². The molecule has 0 spiro atoms. The van der Waals surface area contributed by atoms with Crippen LogP contribution >= 0.6 is 15.9 Å². The van der Waals surface area contributed by atoms with Gasteiger partial charge in [0, 0.05) is 15.6 Å². The van der Waals surface area contributed by atoms with Gasteiger partial charge in [-0.25, -0.2) is 5.43 Å². The molecule has 1 heterocycles. The Morgan fingerprint density at radius 2 is 1.82 bits per heavy atom. The predicted molar refractivity (Wildman–Crippen MR) is 116 cm³/mol. The van der Waals surface area contributed by atoms with Gasteiger partial charge >= 0.3 is 0 Å². The minimum absolute atomic E-state index is 0.267. The number of aryl methyl sites for hydroxylation is 1. The number of hydrazone groups is 1. The largest absolute Gasteiger partial charge is 0.455 e. The summed E-state index contributed by atoms with van der Waals surface area (Å²) in [7, 11) is 0. The van der Waals surface area contributed by atoms with Crippen LogP contribution in [0.15, 0.2) is 86.8 Å². The lowest BCUT2D eigenvalue weighted by atomic mass is 10.1. The van der Waals surface area contributed by atoms with E-state index in [-0.39, 0.29) is 5.91 Å². The van der Waals surface area contributed by atoms with E-state index in [2.05, 4.69) is 26.5 Å². The first kappa shape index (κ1) is 18.2. The third-order valence-corrected chi connectivity index (χ3v) is 5.31. The van der Waals surface area contributed by atoms with E-state index in [0.717, 1.165) is 32.1 Å². The molecule has 1 aromatic heterocycles. The van der Waals surface area contributed by atoms with Crippen molar-refractivity contribution < 1.29 is 9.21 Å². The van der Waals surface area contributed by atoms with E-state index in [1.807, 2.05) is 73.7 Å². The lowest BCUT2D eigenvalue weighted by molar-refractivity contribution is 0.0955. The Labute approximate surface area is 171 Å². The molecular weight excluding hydrogens is 416 g/mol. The number of nitrogens with zero attached hydrogens (tertiary/aromatic N) is 1. The van der Waals surface area contributed by atoms with Gasteiger partial charge in [-0.15, -0.1) is 0 Å². The summed E-state index contributed by atoms with van der Waals surface area (Å²) in [5.74, 6) is 1.03. The highest BCUT2D eigenvalue weighted by atomic mass is 79.9. The predicted octanol–water partition coefficient (Wildman–Crippen LogP) is 5.93. The van der Waals surface area contributed by atoms with Gasteiger partial charge in [-0.3, -0.25) is 4.79 Å². The van der Waals surface area contributed by atoms with E-state index in [9.17, 15) is 4.79 Å². The van der Waals surface area contributed by atoms with Crippen molar-refractivity contribution in [2.45, 2.75) is 6.92 Å². The van der Waals surface area contributed by atoms with Crippen LogP contribution in [0.1, 0.15) is 21.7 Å². The summed E-state index contributed by atoms with van der Waals surface area (Å²) in [5, 5.41) is 6.11. The molecule has 0 radical (unpaired) electrons. The average Bonchev–Trinajstić information content (AvgIpc) is 3.18. The lowest BCUT2D eigenvalue weighted by Gasteiger charge is -2.02. The van der Waals surface area contributed by atoms with Gasteiger partial charge in [-0.2, -0.15) is 5.10 Å². The number of rotatable bonds is 4. The van der Waals surface area contributed by atoms with Gasteiger partial charge in [0.15, 0.2) is 0 Å². The highest BCUT2D eigenvalue weighted by Gasteiger charge is 2.07. The monoisotopic (exact) mass is 432 g/mol. The zero-order valence-electron chi connectivity index (χ0n) is 15.1. The Hall–Kier alpha value is -3.18. The third kappa shape index (κ3) is 3.89. The Morgan fingerprint density at radius 3 is 2.64 bits per heavy atom. The quantitative estimate of drug-likeness (QED) is 0.320. The summed E-state index contributed by atoms with van der Waals surface area (Å²) in [6.07, 6.45) is 1.49. The van der Waals surface area contributed by atoms with Gasteiger partial charge in [0.05, 0.1) is 6.21 Å². The van der Waals surface area contributed by atoms with Gasteiger partial charge in [0.25, 0.3) is 5.91 Å². The van der Waals surface area contributed by atoms with Crippen LogP contribution in [0.4, 0.5) is 0 Å². The molecule has 0 saturated carbocycles. The normalized spacial score (nSPS) is 11.2. The number of furan rings is 1.